The topological polar surface area (TPSA) is 95.1 Å². The number of carbonyl (C=O) groups excluding carboxylic acids is 1. The van der Waals surface area contributed by atoms with Crippen LogP contribution in [0.15, 0.2) is 64.5 Å². The highest BCUT2D eigenvalue weighted by molar-refractivity contribution is 9.10. The zero-order chi connectivity index (χ0) is 20.5. The number of carbonyl (C=O) groups is 1. The van der Waals surface area contributed by atoms with Crippen LogP contribution in [0.25, 0.3) is 0 Å². The number of nitrogens with zero attached hydrogens (tertiary/aromatic N) is 3. The van der Waals surface area contributed by atoms with E-state index in [-0.39, 0.29) is 0 Å². The standard InChI is InChI=1S/C21H20BrN5O2/c1-12-5-3-4-6-14(12)10-29-17-8-7-15(22)9-16(17)19-18(20(23)28)13(2)26-21-24-11-25-27(19)21/h3-9,11,19H,10H2,1-2H3,(H2,23,28)(H,24,25,26). The lowest BCUT2D eigenvalue weighted by Crippen LogP contribution is -2.32. The highest BCUT2D eigenvalue weighted by Gasteiger charge is 2.34. The number of amides is 1. The van der Waals surface area contributed by atoms with Crippen molar-refractivity contribution in [1.82, 2.24) is 14.8 Å². The van der Waals surface area contributed by atoms with Crippen LogP contribution >= 0.6 is 15.9 Å². The quantitative estimate of drug-likeness (QED) is 0.613. The van der Waals surface area contributed by atoms with Crippen LogP contribution in [0.5, 0.6) is 5.75 Å². The van der Waals surface area contributed by atoms with Gasteiger partial charge in [-0.3, -0.25) is 4.79 Å². The van der Waals surface area contributed by atoms with Gasteiger partial charge in [0, 0.05) is 15.7 Å². The summed E-state index contributed by atoms with van der Waals surface area (Å²) >= 11 is 3.52. The molecule has 1 aliphatic rings. The molecule has 0 bridgehead atoms. The summed E-state index contributed by atoms with van der Waals surface area (Å²) in [5.74, 6) is 0.671. The average Bonchev–Trinajstić information content (AvgIpc) is 3.14. The molecule has 2 heterocycles. The van der Waals surface area contributed by atoms with E-state index in [9.17, 15) is 4.79 Å². The molecular weight excluding hydrogens is 434 g/mol. The summed E-state index contributed by atoms with van der Waals surface area (Å²) in [4.78, 5) is 16.5. The molecule has 0 fully saturated rings. The van der Waals surface area contributed by atoms with Crippen LogP contribution in [0, 0.1) is 6.92 Å². The number of nitrogens with one attached hydrogen (secondary N) is 1. The van der Waals surface area contributed by atoms with E-state index in [0.717, 1.165) is 21.2 Å². The monoisotopic (exact) mass is 453 g/mol. The second-order valence-corrected chi connectivity index (χ2v) is 7.77. The Hall–Kier alpha value is -3.13. The fourth-order valence-electron chi connectivity index (χ4n) is 3.49. The minimum atomic E-state index is -0.546. The van der Waals surface area contributed by atoms with E-state index < -0.39 is 11.9 Å². The smallest absolute Gasteiger partial charge is 0.248 e. The average molecular weight is 454 g/mol. The van der Waals surface area contributed by atoms with Crippen molar-refractivity contribution in [3.63, 3.8) is 0 Å². The molecule has 1 amide bonds. The van der Waals surface area contributed by atoms with Gasteiger partial charge < -0.3 is 15.8 Å². The summed E-state index contributed by atoms with van der Waals surface area (Å²) in [6.45, 7) is 4.26. The van der Waals surface area contributed by atoms with Gasteiger partial charge in [-0.15, -0.1) is 0 Å². The maximum absolute atomic E-state index is 12.3. The number of hydrogen-bond acceptors (Lipinski definition) is 5. The predicted octanol–water partition coefficient (Wildman–Crippen LogP) is 3.70. The molecule has 1 aromatic heterocycles. The van der Waals surface area contributed by atoms with E-state index >= 15 is 0 Å². The number of aromatic nitrogens is 3. The van der Waals surface area contributed by atoms with Gasteiger partial charge in [0.05, 0.1) is 5.57 Å². The highest BCUT2D eigenvalue weighted by atomic mass is 79.9. The summed E-state index contributed by atoms with van der Waals surface area (Å²) < 4.78 is 8.70. The molecule has 1 unspecified atom stereocenters. The van der Waals surface area contributed by atoms with Crippen LogP contribution < -0.4 is 15.8 Å². The Morgan fingerprint density at radius 1 is 1.28 bits per heavy atom. The highest BCUT2D eigenvalue weighted by Crippen LogP contribution is 2.40. The number of ether oxygens (including phenoxy) is 1. The molecule has 0 radical (unpaired) electrons. The van der Waals surface area contributed by atoms with Crippen molar-refractivity contribution in [2.45, 2.75) is 26.5 Å². The van der Waals surface area contributed by atoms with Gasteiger partial charge in [-0.05, 0) is 43.2 Å². The van der Waals surface area contributed by atoms with Crippen molar-refractivity contribution < 1.29 is 9.53 Å². The van der Waals surface area contributed by atoms with E-state index in [1.807, 2.05) is 49.4 Å². The van der Waals surface area contributed by atoms with Crippen molar-refractivity contribution in [2.24, 2.45) is 5.73 Å². The molecule has 8 heteroatoms. The molecule has 0 spiro atoms. The number of halogens is 1. The Balaban J connectivity index is 1.79. The van der Waals surface area contributed by atoms with Gasteiger partial charge in [-0.2, -0.15) is 10.1 Å². The van der Waals surface area contributed by atoms with Crippen molar-refractivity contribution in [2.75, 3.05) is 5.32 Å². The van der Waals surface area contributed by atoms with E-state index in [1.165, 1.54) is 6.33 Å². The zero-order valence-corrected chi connectivity index (χ0v) is 17.6. The Morgan fingerprint density at radius 2 is 2.07 bits per heavy atom. The summed E-state index contributed by atoms with van der Waals surface area (Å²) in [5, 5.41) is 7.40. The fraction of sp³-hybridized carbons (Fsp3) is 0.190. The van der Waals surface area contributed by atoms with Crippen molar-refractivity contribution in [3.8, 4) is 5.75 Å². The molecule has 1 atom stereocenters. The molecule has 148 valence electrons. The summed E-state index contributed by atoms with van der Waals surface area (Å²) in [6.07, 6.45) is 1.44. The first-order valence-corrected chi connectivity index (χ1v) is 9.89. The summed E-state index contributed by atoms with van der Waals surface area (Å²) in [6, 6.07) is 13.2. The first-order valence-electron chi connectivity index (χ1n) is 9.09. The van der Waals surface area contributed by atoms with Gasteiger partial charge in [0.15, 0.2) is 0 Å². The van der Waals surface area contributed by atoms with Crippen LogP contribution in [0.1, 0.15) is 29.7 Å². The van der Waals surface area contributed by atoms with E-state index in [2.05, 4.69) is 31.3 Å². The fourth-order valence-corrected chi connectivity index (χ4v) is 3.87. The van der Waals surface area contributed by atoms with Gasteiger partial charge in [-0.25, -0.2) is 4.68 Å². The van der Waals surface area contributed by atoms with Crippen LogP contribution in [-0.2, 0) is 11.4 Å². The second-order valence-electron chi connectivity index (χ2n) is 6.86. The number of hydrogen-bond donors (Lipinski definition) is 2. The van der Waals surface area contributed by atoms with Crippen molar-refractivity contribution >= 4 is 27.8 Å². The number of fused-ring (bicyclic) bond motifs is 1. The van der Waals surface area contributed by atoms with Crippen molar-refractivity contribution in [3.05, 3.63) is 81.2 Å². The summed E-state index contributed by atoms with van der Waals surface area (Å²) in [7, 11) is 0. The lowest BCUT2D eigenvalue weighted by atomic mass is 9.94. The molecule has 2 aromatic carbocycles. The van der Waals surface area contributed by atoms with Crippen LogP contribution in [-0.4, -0.2) is 20.7 Å². The molecule has 1 aliphatic heterocycles. The number of nitrogens with two attached hydrogens (primary N) is 1. The minimum absolute atomic E-state index is 0.408. The maximum atomic E-state index is 12.3. The Morgan fingerprint density at radius 3 is 2.83 bits per heavy atom. The van der Waals surface area contributed by atoms with Gasteiger partial charge in [0.25, 0.3) is 0 Å². The predicted molar refractivity (Wildman–Crippen MR) is 113 cm³/mol. The Kier molecular flexibility index (Phi) is 5.10. The van der Waals surface area contributed by atoms with Crippen LogP contribution in [0.4, 0.5) is 5.95 Å². The molecule has 0 saturated carbocycles. The normalized spacial score (nSPS) is 15.6. The third-order valence-corrected chi connectivity index (χ3v) is 5.46. The molecule has 7 nitrogen and oxygen atoms in total. The van der Waals surface area contributed by atoms with E-state index in [1.54, 1.807) is 11.6 Å². The molecule has 3 aromatic rings. The second kappa shape index (κ2) is 7.71. The Labute approximate surface area is 176 Å². The lowest BCUT2D eigenvalue weighted by Gasteiger charge is -2.29. The minimum Gasteiger partial charge on any atom is -0.489 e. The third-order valence-electron chi connectivity index (χ3n) is 4.97. The number of anilines is 1. The van der Waals surface area contributed by atoms with Gasteiger partial charge in [0.2, 0.25) is 11.9 Å². The number of allylic oxidation sites excluding steroid dienone is 1. The number of benzene rings is 2. The molecule has 0 aliphatic carbocycles. The number of aryl methyl sites for hydroxylation is 1. The molecule has 0 saturated heterocycles. The Bertz CT molecular complexity index is 1120. The van der Waals surface area contributed by atoms with Crippen molar-refractivity contribution in [1.29, 1.82) is 0 Å². The molecule has 3 N–H and O–H groups in total. The molecular formula is C21H20BrN5O2. The number of rotatable bonds is 5. The van der Waals surface area contributed by atoms with Gasteiger partial charge in [-0.1, -0.05) is 40.2 Å². The summed E-state index contributed by atoms with van der Waals surface area (Å²) in [5.41, 5.74) is 9.82. The molecule has 4 rings (SSSR count). The number of primary amides is 1. The maximum Gasteiger partial charge on any atom is 0.248 e. The first kappa shape index (κ1) is 19.2. The van der Waals surface area contributed by atoms with E-state index in [4.69, 9.17) is 10.5 Å². The lowest BCUT2D eigenvalue weighted by molar-refractivity contribution is -0.115. The largest absolute Gasteiger partial charge is 0.489 e. The van der Waals surface area contributed by atoms with Gasteiger partial charge in [0.1, 0.15) is 24.7 Å². The van der Waals surface area contributed by atoms with Crippen LogP contribution in [0.2, 0.25) is 0 Å². The third kappa shape index (κ3) is 3.63. The molecule has 29 heavy (non-hydrogen) atoms. The SMILES string of the molecule is CC1=C(C(N)=O)C(c2cc(Br)ccc2OCc2ccccc2C)n2ncnc2N1. The van der Waals surface area contributed by atoms with Crippen LogP contribution in [0.3, 0.4) is 0 Å². The zero-order valence-electron chi connectivity index (χ0n) is 16.0. The van der Waals surface area contributed by atoms with E-state index in [0.29, 0.717) is 29.6 Å². The first-order chi connectivity index (χ1) is 14.0. The van der Waals surface area contributed by atoms with Gasteiger partial charge >= 0.3 is 0 Å².